The maximum Gasteiger partial charge on any atom is 0.216 e. The van der Waals surface area contributed by atoms with E-state index in [-0.39, 0.29) is 11.7 Å². The normalized spacial score (nSPS) is 17.3. The number of pyridine rings is 1. The molecule has 0 bridgehead atoms. The molecule has 0 saturated carbocycles. The first-order valence-electron chi connectivity index (χ1n) is 9.63. The summed E-state index contributed by atoms with van der Waals surface area (Å²) in [4.78, 5) is 18.0. The molecule has 0 aliphatic carbocycles. The molecule has 1 amide bonds. The Balaban J connectivity index is 1.50. The van der Waals surface area contributed by atoms with E-state index < -0.39 is 0 Å². The number of fused-ring (bicyclic) bond motifs is 1. The van der Waals surface area contributed by atoms with Crippen molar-refractivity contribution in [1.29, 1.82) is 0 Å². The highest BCUT2D eigenvalue weighted by atomic mass is 19.1. The first kappa shape index (κ1) is 18.6. The zero-order chi connectivity index (χ0) is 19.5. The fourth-order valence-electron chi connectivity index (χ4n) is 3.92. The molecule has 0 spiro atoms. The lowest BCUT2D eigenvalue weighted by molar-refractivity contribution is -0.118. The molecule has 0 radical (unpaired) electrons. The maximum absolute atomic E-state index is 13.4. The van der Waals surface area contributed by atoms with Gasteiger partial charge in [-0.05, 0) is 42.8 Å². The summed E-state index contributed by atoms with van der Waals surface area (Å²) in [6, 6.07) is 10.8. The highest BCUT2D eigenvalue weighted by molar-refractivity contribution is 5.79. The van der Waals surface area contributed by atoms with E-state index in [1.54, 1.807) is 18.3 Å². The van der Waals surface area contributed by atoms with Gasteiger partial charge in [-0.2, -0.15) is 5.10 Å². The van der Waals surface area contributed by atoms with Crippen LogP contribution in [0.15, 0.2) is 42.6 Å². The summed E-state index contributed by atoms with van der Waals surface area (Å²) in [7, 11) is 0. The van der Waals surface area contributed by atoms with Crippen molar-refractivity contribution < 1.29 is 9.18 Å². The number of carbonyl (C=O) groups is 1. The molecule has 6 nitrogen and oxygen atoms in total. The lowest BCUT2D eigenvalue weighted by Crippen LogP contribution is -2.25. The fourth-order valence-corrected chi connectivity index (χ4v) is 3.92. The summed E-state index contributed by atoms with van der Waals surface area (Å²) >= 11 is 0. The monoisotopic (exact) mass is 381 g/mol. The number of carbonyl (C=O) groups excluding carboxylic acids is 1. The van der Waals surface area contributed by atoms with Crippen LogP contribution in [0.2, 0.25) is 0 Å². The van der Waals surface area contributed by atoms with Crippen LogP contribution in [-0.2, 0) is 17.9 Å². The van der Waals surface area contributed by atoms with Crippen molar-refractivity contribution in [3.8, 4) is 0 Å². The second-order valence-corrected chi connectivity index (χ2v) is 7.32. The third-order valence-corrected chi connectivity index (χ3v) is 5.19. The highest BCUT2D eigenvalue weighted by Gasteiger charge is 2.28. The lowest BCUT2D eigenvalue weighted by atomic mass is 10.0. The maximum atomic E-state index is 13.4. The average Bonchev–Trinajstić information content (AvgIpc) is 3.26. The minimum Gasteiger partial charge on any atom is -0.354 e. The number of halogens is 1. The Kier molecular flexibility index (Phi) is 5.34. The van der Waals surface area contributed by atoms with Gasteiger partial charge >= 0.3 is 0 Å². The van der Waals surface area contributed by atoms with Crippen LogP contribution in [0.4, 0.5) is 4.39 Å². The molecule has 0 unspecified atom stereocenters. The van der Waals surface area contributed by atoms with Gasteiger partial charge < -0.3 is 5.32 Å². The van der Waals surface area contributed by atoms with Crippen LogP contribution in [0.5, 0.6) is 0 Å². The molecule has 4 rings (SSSR count). The van der Waals surface area contributed by atoms with E-state index in [0.717, 1.165) is 48.3 Å². The molecule has 1 atom stereocenters. The number of nitrogens with zero attached hydrogens (tertiary/aromatic N) is 4. The van der Waals surface area contributed by atoms with Crippen LogP contribution in [0.3, 0.4) is 0 Å². The van der Waals surface area contributed by atoms with Crippen LogP contribution in [0, 0.1) is 5.82 Å². The number of hydrogen-bond donors (Lipinski definition) is 1. The lowest BCUT2D eigenvalue weighted by Gasteiger charge is -2.15. The van der Waals surface area contributed by atoms with Crippen LogP contribution in [0.25, 0.3) is 11.0 Å². The Hall–Kier alpha value is -2.80. The standard InChI is InChI=1S/C21H24FN5O/c1-15(28)23-9-11-27-21-19(6-3-8-24-21)20(25-27)17-7-10-26(14-17)13-16-4-2-5-18(22)12-16/h2-6,8,12,17H,7,9-11,13-14H2,1H3,(H,23,28)/t17-/m1/s1. The number of aromatic nitrogens is 3. The number of rotatable bonds is 6. The summed E-state index contributed by atoms with van der Waals surface area (Å²) in [6.45, 7) is 5.22. The van der Waals surface area contributed by atoms with Crippen LogP contribution >= 0.6 is 0 Å². The zero-order valence-electron chi connectivity index (χ0n) is 15.9. The van der Waals surface area contributed by atoms with Gasteiger partial charge in [0.25, 0.3) is 0 Å². The molecule has 28 heavy (non-hydrogen) atoms. The van der Waals surface area contributed by atoms with Gasteiger partial charge in [0.2, 0.25) is 5.91 Å². The highest BCUT2D eigenvalue weighted by Crippen LogP contribution is 2.31. The summed E-state index contributed by atoms with van der Waals surface area (Å²) in [5.74, 6) is 0.0823. The largest absolute Gasteiger partial charge is 0.354 e. The Bertz CT molecular complexity index is 986. The van der Waals surface area contributed by atoms with Crippen LogP contribution in [-0.4, -0.2) is 45.2 Å². The van der Waals surface area contributed by atoms with Crippen molar-refractivity contribution in [1.82, 2.24) is 25.0 Å². The SMILES string of the molecule is CC(=O)NCCn1nc([C@@H]2CCN(Cc3cccc(F)c3)C2)c2cccnc21. The van der Waals surface area contributed by atoms with Crippen LogP contribution < -0.4 is 5.32 Å². The molecule has 2 aromatic heterocycles. The number of nitrogens with one attached hydrogen (secondary N) is 1. The molecule has 1 saturated heterocycles. The molecule has 3 heterocycles. The van der Waals surface area contributed by atoms with E-state index in [9.17, 15) is 9.18 Å². The zero-order valence-corrected chi connectivity index (χ0v) is 15.9. The van der Waals surface area contributed by atoms with Crippen molar-refractivity contribution in [2.75, 3.05) is 19.6 Å². The Morgan fingerprint density at radius 3 is 3.04 bits per heavy atom. The number of hydrogen-bond acceptors (Lipinski definition) is 4. The van der Waals surface area contributed by atoms with Gasteiger partial charge in [0.05, 0.1) is 12.2 Å². The topological polar surface area (TPSA) is 63.1 Å². The van der Waals surface area contributed by atoms with Crippen LogP contribution in [0.1, 0.15) is 30.5 Å². The molecule has 3 aromatic rings. The van der Waals surface area contributed by atoms with E-state index in [1.165, 1.54) is 13.0 Å². The second-order valence-electron chi connectivity index (χ2n) is 7.32. The van der Waals surface area contributed by atoms with E-state index in [0.29, 0.717) is 19.0 Å². The molecular formula is C21H24FN5O. The minimum atomic E-state index is -0.191. The molecule has 1 fully saturated rings. The average molecular weight is 381 g/mol. The van der Waals surface area contributed by atoms with Crippen molar-refractivity contribution in [2.45, 2.75) is 32.4 Å². The van der Waals surface area contributed by atoms with Gasteiger partial charge in [-0.1, -0.05) is 12.1 Å². The van der Waals surface area contributed by atoms with E-state index >= 15 is 0 Å². The van der Waals surface area contributed by atoms with Gasteiger partial charge in [0.15, 0.2) is 5.65 Å². The van der Waals surface area contributed by atoms with E-state index in [1.807, 2.05) is 16.8 Å². The predicted molar refractivity (Wildman–Crippen MR) is 105 cm³/mol. The smallest absolute Gasteiger partial charge is 0.216 e. The molecule has 1 aliphatic heterocycles. The van der Waals surface area contributed by atoms with Crippen molar-refractivity contribution in [3.05, 3.63) is 59.7 Å². The summed E-state index contributed by atoms with van der Waals surface area (Å²) in [5.41, 5.74) is 2.91. The van der Waals surface area contributed by atoms with Crippen molar-refractivity contribution in [3.63, 3.8) is 0 Å². The fraction of sp³-hybridized carbons (Fsp3) is 0.381. The van der Waals surface area contributed by atoms with E-state index in [4.69, 9.17) is 5.10 Å². The number of amides is 1. The van der Waals surface area contributed by atoms with Crippen molar-refractivity contribution >= 4 is 16.9 Å². The molecule has 1 aromatic carbocycles. The summed E-state index contributed by atoms with van der Waals surface area (Å²) in [6.07, 6.45) is 2.79. The van der Waals surface area contributed by atoms with Crippen molar-refractivity contribution in [2.24, 2.45) is 0 Å². The van der Waals surface area contributed by atoms with E-state index in [2.05, 4.69) is 21.3 Å². The molecular weight excluding hydrogens is 357 g/mol. The molecule has 7 heteroatoms. The third-order valence-electron chi connectivity index (χ3n) is 5.19. The number of likely N-dealkylation sites (tertiary alicyclic amines) is 1. The third kappa shape index (κ3) is 4.04. The van der Waals surface area contributed by atoms with Gasteiger partial charge in [0.1, 0.15) is 5.82 Å². The van der Waals surface area contributed by atoms with Gasteiger partial charge in [0, 0.05) is 44.1 Å². The molecule has 1 aliphatic rings. The molecule has 1 N–H and O–H groups in total. The first-order chi connectivity index (χ1) is 13.6. The second kappa shape index (κ2) is 8.06. The van der Waals surface area contributed by atoms with Gasteiger partial charge in [-0.25, -0.2) is 14.1 Å². The van der Waals surface area contributed by atoms with Gasteiger partial charge in [-0.15, -0.1) is 0 Å². The number of benzene rings is 1. The quantitative estimate of drug-likeness (QED) is 0.713. The van der Waals surface area contributed by atoms with Gasteiger partial charge in [-0.3, -0.25) is 9.69 Å². The Labute approximate surface area is 163 Å². The minimum absolute atomic E-state index is 0.0478. The Morgan fingerprint density at radius 2 is 2.21 bits per heavy atom. The summed E-state index contributed by atoms with van der Waals surface area (Å²) < 4.78 is 15.3. The molecule has 146 valence electrons. The summed E-state index contributed by atoms with van der Waals surface area (Å²) in [5, 5.41) is 8.72. The predicted octanol–water partition coefficient (Wildman–Crippen LogP) is 2.70. The Morgan fingerprint density at radius 1 is 1.32 bits per heavy atom. The first-order valence-corrected chi connectivity index (χ1v) is 9.63.